The number of para-hydroxylation sites is 1. The normalized spacial score (nSPS) is 21.7. The number of likely N-dealkylation sites (tertiary alicyclic amines) is 1. The lowest BCUT2D eigenvalue weighted by Crippen LogP contribution is -3.12. The number of benzene rings is 1. The van der Waals surface area contributed by atoms with Gasteiger partial charge >= 0.3 is 0 Å². The van der Waals surface area contributed by atoms with Gasteiger partial charge < -0.3 is 10.2 Å². The molecule has 6 heteroatoms. The van der Waals surface area contributed by atoms with Crippen LogP contribution < -0.4 is 10.2 Å². The molecule has 1 aromatic heterocycles. The molecule has 118 valence electrons. The molecule has 0 radical (unpaired) electrons. The number of aromatic nitrogens is 2. The van der Waals surface area contributed by atoms with Crippen molar-refractivity contribution < 1.29 is 4.90 Å². The van der Waals surface area contributed by atoms with Crippen molar-refractivity contribution >= 4 is 34.4 Å². The standard InChI is InChI=1S/C16H22N4S2/c1-12-7-9-19(10-8-12)11-20-16(21)22-15(18-20)17-14-6-4-3-5-13(14)2/h3-6,12H,7-11H2,1-2H3,(H,17,18)/p+1. The predicted octanol–water partition coefficient (Wildman–Crippen LogP) is 3.00. The van der Waals surface area contributed by atoms with Crippen molar-refractivity contribution in [2.45, 2.75) is 33.4 Å². The molecule has 2 heterocycles. The summed E-state index contributed by atoms with van der Waals surface area (Å²) in [5.74, 6) is 0.866. The fourth-order valence-electron chi connectivity index (χ4n) is 2.83. The molecule has 0 unspecified atom stereocenters. The molecule has 3 rings (SSSR count). The van der Waals surface area contributed by atoms with E-state index in [2.05, 4.69) is 36.4 Å². The summed E-state index contributed by atoms with van der Waals surface area (Å²) in [7, 11) is 0. The molecule has 2 aromatic rings. The Labute approximate surface area is 140 Å². The van der Waals surface area contributed by atoms with Crippen LogP contribution in [-0.2, 0) is 6.67 Å². The molecule has 0 atom stereocenters. The summed E-state index contributed by atoms with van der Waals surface area (Å²) in [6.07, 6.45) is 2.61. The summed E-state index contributed by atoms with van der Waals surface area (Å²) in [6.45, 7) is 7.77. The highest BCUT2D eigenvalue weighted by molar-refractivity contribution is 7.73. The van der Waals surface area contributed by atoms with Crippen LogP contribution >= 0.6 is 23.6 Å². The molecule has 1 fully saturated rings. The molecule has 0 saturated carbocycles. The maximum atomic E-state index is 5.48. The van der Waals surface area contributed by atoms with Crippen LogP contribution in [-0.4, -0.2) is 22.9 Å². The van der Waals surface area contributed by atoms with E-state index in [-0.39, 0.29) is 0 Å². The Kier molecular flexibility index (Phi) is 4.90. The summed E-state index contributed by atoms with van der Waals surface area (Å²) in [5.41, 5.74) is 2.31. The SMILES string of the molecule is Cc1ccccc1Nc1nn(C[NH+]2CCC(C)CC2)c(=S)s1. The number of hydrogen-bond donors (Lipinski definition) is 2. The van der Waals surface area contributed by atoms with Gasteiger partial charge in [0.05, 0.1) is 13.1 Å². The van der Waals surface area contributed by atoms with E-state index >= 15 is 0 Å². The molecule has 1 aromatic carbocycles. The smallest absolute Gasteiger partial charge is 0.209 e. The van der Waals surface area contributed by atoms with E-state index in [0.29, 0.717) is 0 Å². The molecule has 2 N–H and O–H groups in total. The molecular formula is C16H23N4S2+. The number of piperidine rings is 1. The van der Waals surface area contributed by atoms with Crippen molar-refractivity contribution in [2.24, 2.45) is 5.92 Å². The van der Waals surface area contributed by atoms with Gasteiger partial charge in [-0.25, -0.2) is 0 Å². The van der Waals surface area contributed by atoms with Crippen molar-refractivity contribution in [1.82, 2.24) is 9.78 Å². The lowest BCUT2D eigenvalue weighted by molar-refractivity contribution is -0.929. The van der Waals surface area contributed by atoms with Gasteiger partial charge in [0.1, 0.15) is 0 Å². The Hall–Kier alpha value is -1.24. The van der Waals surface area contributed by atoms with Crippen LogP contribution in [0.15, 0.2) is 24.3 Å². The zero-order valence-corrected chi connectivity index (χ0v) is 14.8. The minimum Gasteiger partial charge on any atom is -0.330 e. The fourth-order valence-corrected chi connectivity index (χ4v) is 3.84. The minimum absolute atomic E-state index is 0.849. The van der Waals surface area contributed by atoms with Gasteiger partial charge in [0, 0.05) is 5.69 Å². The van der Waals surface area contributed by atoms with Crippen molar-refractivity contribution in [3.05, 3.63) is 33.8 Å². The van der Waals surface area contributed by atoms with Crippen LogP contribution in [0.3, 0.4) is 0 Å². The summed E-state index contributed by atoms with van der Waals surface area (Å²) >= 11 is 7.03. The number of quaternary nitrogens is 1. The van der Waals surface area contributed by atoms with E-state index in [1.54, 1.807) is 16.2 Å². The monoisotopic (exact) mass is 335 g/mol. The van der Waals surface area contributed by atoms with Gasteiger partial charge in [0.25, 0.3) is 0 Å². The zero-order chi connectivity index (χ0) is 15.5. The van der Waals surface area contributed by atoms with E-state index in [1.807, 2.05) is 16.8 Å². The van der Waals surface area contributed by atoms with Gasteiger partial charge in [-0.2, -0.15) is 4.68 Å². The number of nitrogens with one attached hydrogen (secondary N) is 2. The first-order chi connectivity index (χ1) is 10.6. The highest BCUT2D eigenvalue weighted by Gasteiger charge is 2.20. The lowest BCUT2D eigenvalue weighted by atomic mass is 10.00. The maximum absolute atomic E-state index is 5.48. The van der Waals surface area contributed by atoms with Crippen LogP contribution in [0.5, 0.6) is 0 Å². The van der Waals surface area contributed by atoms with E-state index in [4.69, 9.17) is 12.2 Å². The first-order valence-corrected chi connectivity index (χ1v) is 9.08. The van der Waals surface area contributed by atoms with E-state index in [1.165, 1.54) is 31.5 Å². The first-order valence-electron chi connectivity index (χ1n) is 7.86. The summed E-state index contributed by atoms with van der Waals surface area (Å²) in [5, 5.41) is 8.93. The number of anilines is 2. The molecule has 0 spiro atoms. The van der Waals surface area contributed by atoms with Gasteiger partial charge in [-0.3, -0.25) is 0 Å². The van der Waals surface area contributed by atoms with Crippen LogP contribution in [0.2, 0.25) is 0 Å². The first kappa shape index (κ1) is 15.6. The molecule has 1 aliphatic heterocycles. The number of hydrogen-bond acceptors (Lipinski definition) is 4. The van der Waals surface area contributed by atoms with E-state index in [0.717, 1.165) is 27.4 Å². The third kappa shape index (κ3) is 3.74. The van der Waals surface area contributed by atoms with E-state index in [9.17, 15) is 0 Å². The second kappa shape index (κ2) is 6.89. The van der Waals surface area contributed by atoms with Crippen LogP contribution in [0, 0.1) is 16.8 Å². The van der Waals surface area contributed by atoms with Crippen molar-refractivity contribution in [1.29, 1.82) is 0 Å². The summed E-state index contributed by atoms with van der Waals surface area (Å²) < 4.78 is 2.83. The molecule has 0 aliphatic carbocycles. The van der Waals surface area contributed by atoms with Crippen LogP contribution in [0.1, 0.15) is 25.3 Å². The average Bonchev–Trinajstić information content (AvgIpc) is 2.84. The Balaban J connectivity index is 1.69. The van der Waals surface area contributed by atoms with Gasteiger partial charge in [-0.15, -0.1) is 5.10 Å². The predicted molar refractivity (Wildman–Crippen MR) is 94.5 cm³/mol. The van der Waals surface area contributed by atoms with Crippen LogP contribution in [0.4, 0.5) is 10.8 Å². The summed E-state index contributed by atoms with van der Waals surface area (Å²) in [6, 6.07) is 8.24. The second-order valence-corrected chi connectivity index (χ2v) is 7.83. The zero-order valence-electron chi connectivity index (χ0n) is 13.1. The molecule has 0 bridgehead atoms. The second-order valence-electron chi connectivity index (χ2n) is 6.20. The molecule has 22 heavy (non-hydrogen) atoms. The summed E-state index contributed by atoms with van der Waals surface area (Å²) in [4.78, 5) is 1.59. The van der Waals surface area contributed by atoms with Gasteiger partial charge in [0.2, 0.25) is 5.13 Å². The Morgan fingerprint density at radius 3 is 2.82 bits per heavy atom. The topological polar surface area (TPSA) is 34.3 Å². The van der Waals surface area contributed by atoms with Gasteiger partial charge in [-0.1, -0.05) is 36.5 Å². The van der Waals surface area contributed by atoms with Crippen LogP contribution in [0.25, 0.3) is 0 Å². The van der Waals surface area contributed by atoms with Gasteiger partial charge in [0.15, 0.2) is 10.6 Å². The largest absolute Gasteiger partial charge is 0.330 e. The number of aryl methyl sites for hydroxylation is 1. The minimum atomic E-state index is 0.849. The number of rotatable bonds is 4. The lowest BCUT2D eigenvalue weighted by Gasteiger charge is -2.26. The molecule has 1 saturated heterocycles. The fraction of sp³-hybridized carbons (Fsp3) is 0.500. The Bertz CT molecular complexity index is 683. The molecule has 1 aliphatic rings. The van der Waals surface area contributed by atoms with Crippen molar-refractivity contribution in [2.75, 3.05) is 18.4 Å². The molecule has 0 amide bonds. The maximum Gasteiger partial charge on any atom is 0.209 e. The Morgan fingerprint density at radius 1 is 1.36 bits per heavy atom. The van der Waals surface area contributed by atoms with Crippen molar-refractivity contribution in [3.8, 4) is 0 Å². The van der Waals surface area contributed by atoms with Gasteiger partial charge in [-0.05, 0) is 49.5 Å². The quantitative estimate of drug-likeness (QED) is 0.843. The highest BCUT2D eigenvalue weighted by Crippen LogP contribution is 2.22. The third-order valence-electron chi connectivity index (χ3n) is 4.35. The highest BCUT2D eigenvalue weighted by atomic mass is 32.1. The molecule has 4 nitrogen and oxygen atoms in total. The average molecular weight is 336 g/mol. The Morgan fingerprint density at radius 2 is 2.09 bits per heavy atom. The third-order valence-corrected chi connectivity index (χ3v) is 5.57. The number of nitrogens with zero attached hydrogens (tertiary/aromatic N) is 2. The molecular weight excluding hydrogens is 312 g/mol. The van der Waals surface area contributed by atoms with Crippen molar-refractivity contribution in [3.63, 3.8) is 0 Å². The van der Waals surface area contributed by atoms with E-state index < -0.39 is 0 Å².